The summed E-state index contributed by atoms with van der Waals surface area (Å²) < 4.78 is 0. The number of nitrogens with two attached hydrogens (primary N) is 1. The first kappa shape index (κ1) is 22.9. The molecule has 0 aliphatic rings. The molecule has 0 radical (unpaired) electrons. The molecule has 0 spiro atoms. The summed E-state index contributed by atoms with van der Waals surface area (Å²) in [4.78, 5) is 24.0. The number of nitrogens with zero attached hydrogens (tertiary/aromatic N) is 3. The van der Waals surface area contributed by atoms with Gasteiger partial charge in [0.1, 0.15) is 0 Å². The van der Waals surface area contributed by atoms with E-state index < -0.39 is 0 Å². The third-order valence-corrected chi connectivity index (χ3v) is 0. The molecule has 0 amide bonds. The van der Waals surface area contributed by atoms with E-state index in [2.05, 4.69) is 5.73 Å². The van der Waals surface area contributed by atoms with Crippen molar-refractivity contribution < 1.29 is 0 Å². The Labute approximate surface area is 60.4 Å². The quantitative estimate of drug-likeness (QED) is 0.394. The molecule has 0 atom stereocenters. The molecule has 10 nitrogen and oxygen atoms in total. The van der Waals surface area contributed by atoms with Gasteiger partial charge in [-0.1, -0.05) is 0 Å². The molecule has 0 aromatic rings. The Bertz CT molecular complexity index is 51.3. The summed E-state index contributed by atoms with van der Waals surface area (Å²) in [6, 6.07) is 0. The van der Waals surface area contributed by atoms with E-state index in [-0.39, 0.29) is 0 Å². The summed E-state index contributed by atoms with van der Waals surface area (Å²) in [6.45, 7) is 0. The number of hydrogen-bond acceptors (Lipinski definition) is 10. The van der Waals surface area contributed by atoms with E-state index in [0.717, 1.165) is 16.0 Å². The fourth-order valence-corrected chi connectivity index (χ4v) is 0. The summed E-state index contributed by atoms with van der Waals surface area (Å²) in [5.74, 6) is 0. The van der Waals surface area contributed by atoms with Gasteiger partial charge in [0.2, 0.25) is 0 Å². The van der Waals surface area contributed by atoms with E-state index >= 15 is 0 Å². The maximum atomic E-state index is 8.00. The molecule has 0 saturated carbocycles. The van der Waals surface area contributed by atoms with Crippen LogP contribution in [-0.4, -0.2) is 0 Å². The fraction of sp³-hybridized carbons (Fsp3) is 0. The normalized spacial score (nSPS) is 3.91. The zero-order valence-electron chi connectivity index (χ0n) is 4.87. The van der Waals surface area contributed by atoms with Crippen LogP contribution >= 0.6 is 0 Å². The van der Waals surface area contributed by atoms with Crippen LogP contribution in [0.5, 0.6) is 0 Å². The van der Waals surface area contributed by atoms with E-state index in [1.807, 2.05) is 0 Å². The molecule has 0 aromatic carbocycles. The number of hydrogen-bond donors (Lipinski definition) is 1. The summed E-state index contributed by atoms with van der Waals surface area (Å²) >= 11 is 0. The molecule has 2 N–H and O–H groups in total. The first-order valence-corrected chi connectivity index (χ1v) is 1.38. The maximum absolute atomic E-state index is 8.00. The van der Waals surface area contributed by atoms with Crippen LogP contribution in [0.1, 0.15) is 0 Å². The summed E-state index contributed by atoms with van der Waals surface area (Å²) in [6.07, 6.45) is 0. The zero-order valence-corrected chi connectivity index (χ0v) is 4.87. The first-order chi connectivity index (χ1) is 5.24. The first-order valence-electron chi connectivity index (χ1n) is 1.38. The predicted octanol–water partition coefficient (Wildman–Crippen LogP) is 0.242. The molecule has 10 heteroatoms. The van der Waals surface area contributed by atoms with Gasteiger partial charge in [0, 0.05) is 0 Å². The Hall–Kier alpha value is -1.84. The van der Waals surface area contributed by atoms with Crippen LogP contribution in [0.4, 0.5) is 0 Å². The SMILES string of the molecule is O=N[O-].O=N[O-].O=N[O-].[C+3]N. The van der Waals surface area contributed by atoms with Crippen LogP contribution in [0.15, 0.2) is 16.0 Å². The molecule has 11 heavy (non-hydrogen) atoms. The molecule has 0 rings (SSSR count). The van der Waals surface area contributed by atoms with E-state index in [4.69, 9.17) is 37.4 Å². The van der Waals surface area contributed by atoms with Gasteiger partial charge in [-0.15, -0.1) is 16.0 Å². The van der Waals surface area contributed by atoms with Gasteiger partial charge in [-0.25, -0.2) is 0 Å². The molecule has 0 aliphatic carbocycles. The van der Waals surface area contributed by atoms with E-state index in [1.165, 1.54) is 0 Å². The van der Waals surface area contributed by atoms with Crippen molar-refractivity contribution in [1.29, 1.82) is 0 Å². The molecule has 0 bridgehead atoms. The molecule has 0 aromatic heterocycles. The van der Waals surface area contributed by atoms with Gasteiger partial charge in [0.05, 0.1) is 0 Å². The molecule has 0 aliphatic heterocycles. The molecular formula is CH2N4O6. The minimum atomic E-state index is 1.00. The van der Waals surface area contributed by atoms with Gasteiger partial charge >= 0.3 is 12.8 Å². The molecule has 0 saturated heterocycles. The molecule has 0 unspecified atom stereocenters. The van der Waals surface area contributed by atoms with Crippen LogP contribution in [0.25, 0.3) is 0 Å². The zero-order chi connectivity index (χ0) is 10.1. The van der Waals surface area contributed by atoms with Crippen molar-refractivity contribution in [2.24, 2.45) is 21.8 Å². The van der Waals surface area contributed by atoms with Crippen molar-refractivity contribution >= 4 is 0 Å². The molecule has 62 valence electrons. The second kappa shape index (κ2) is 311. The Balaban J connectivity index is -0.0000000301. The third-order valence-electron chi connectivity index (χ3n) is 0. The van der Waals surface area contributed by atoms with Gasteiger partial charge in [-0.2, -0.15) is 0 Å². The summed E-state index contributed by atoms with van der Waals surface area (Å²) in [7, 11) is 5.25. The standard InChI is InChI=1S/CH2N.3HNO2/c1-2;3*2-1-3/h2H2;3*(H,2,3)/q+3;;;/p-3. The average Bonchev–Trinajstić information content (AvgIpc) is 1.96. The number of rotatable bonds is 0. The topological polar surface area (TPSA) is 183 Å². The Morgan fingerprint density at radius 3 is 0.818 bits per heavy atom. The van der Waals surface area contributed by atoms with Crippen molar-refractivity contribution in [3.8, 4) is 0 Å². The van der Waals surface area contributed by atoms with Crippen LogP contribution in [-0.2, 0) is 0 Å². The Kier molecular flexibility index (Phi) is 647. The van der Waals surface area contributed by atoms with E-state index in [1.54, 1.807) is 0 Å². The minimum absolute atomic E-state index is 1.00. The van der Waals surface area contributed by atoms with Gasteiger partial charge in [0.25, 0.3) is 0 Å². The van der Waals surface area contributed by atoms with Crippen LogP contribution < -0.4 is 5.73 Å². The second-order valence-corrected chi connectivity index (χ2v) is 0.224. The second-order valence-electron chi connectivity index (χ2n) is 0.224. The van der Waals surface area contributed by atoms with Crippen molar-refractivity contribution in [1.82, 2.24) is 0 Å². The van der Waals surface area contributed by atoms with Gasteiger partial charge < -0.3 is 30.3 Å². The van der Waals surface area contributed by atoms with Gasteiger partial charge in [0.15, 0.2) is 0 Å². The van der Waals surface area contributed by atoms with Gasteiger partial charge in [-0.3, -0.25) is 0 Å². The molecule has 0 heterocycles. The van der Waals surface area contributed by atoms with Crippen LogP contribution in [0.3, 0.4) is 0 Å². The summed E-state index contributed by atoms with van der Waals surface area (Å²) in [5, 5.41) is 27.0. The van der Waals surface area contributed by atoms with Crippen LogP contribution in [0.2, 0.25) is 0 Å². The Morgan fingerprint density at radius 1 is 0.818 bits per heavy atom. The van der Waals surface area contributed by atoms with Crippen molar-refractivity contribution in [2.75, 3.05) is 0 Å². The fourth-order valence-electron chi connectivity index (χ4n) is 0. The Morgan fingerprint density at radius 2 is 0.818 bits per heavy atom. The van der Waals surface area contributed by atoms with E-state index in [0.29, 0.717) is 0 Å². The molecule has 0 fully saturated rings. The van der Waals surface area contributed by atoms with E-state index in [9.17, 15) is 0 Å². The average molecular weight is 166 g/mol. The van der Waals surface area contributed by atoms with Crippen molar-refractivity contribution in [3.63, 3.8) is 0 Å². The van der Waals surface area contributed by atoms with Crippen molar-refractivity contribution in [3.05, 3.63) is 37.4 Å². The van der Waals surface area contributed by atoms with Crippen molar-refractivity contribution in [2.45, 2.75) is 0 Å². The third kappa shape index (κ3) is 91.5. The van der Waals surface area contributed by atoms with Gasteiger partial charge in [-0.05, 0) is 0 Å². The van der Waals surface area contributed by atoms with Crippen LogP contribution in [0, 0.1) is 37.4 Å². The monoisotopic (exact) mass is 166 g/mol. The summed E-state index contributed by atoms with van der Waals surface area (Å²) in [5.41, 5.74) is 3.75. The predicted molar refractivity (Wildman–Crippen MR) is 34.9 cm³/mol. The molecular weight excluding hydrogens is 164 g/mol.